The minimum atomic E-state index is -0.969. The fourth-order valence-electron chi connectivity index (χ4n) is 4.48. The standard InChI is InChI=1S/C30H29N3O6/c1-20-6-3-11-27(21(20)2)37-14-15-39-30(36)33-12-13-38-28-25(9-5-10-26(28)33)24-17-31-32(19-24)18-22-7-4-8-23(16-22)29(34)35/h3-11,16-17,19H,12-15,18H2,1-2H3,(H,34,35). The number of benzene rings is 3. The summed E-state index contributed by atoms with van der Waals surface area (Å²) in [6.45, 7) is 5.51. The van der Waals surface area contributed by atoms with Gasteiger partial charge in [-0.2, -0.15) is 5.10 Å². The average molecular weight is 528 g/mol. The van der Waals surface area contributed by atoms with Gasteiger partial charge in [-0.25, -0.2) is 9.59 Å². The van der Waals surface area contributed by atoms with Crippen LogP contribution in [0.1, 0.15) is 27.0 Å². The molecule has 0 spiro atoms. The Hall–Kier alpha value is -4.79. The molecule has 0 bridgehead atoms. The third-order valence-corrected chi connectivity index (χ3v) is 6.65. The summed E-state index contributed by atoms with van der Waals surface area (Å²) >= 11 is 0. The number of fused-ring (bicyclic) bond motifs is 1. The van der Waals surface area contributed by atoms with E-state index in [0.717, 1.165) is 33.6 Å². The van der Waals surface area contributed by atoms with Gasteiger partial charge in [-0.15, -0.1) is 0 Å². The lowest BCUT2D eigenvalue weighted by molar-refractivity contribution is 0.0696. The number of carbonyl (C=O) groups is 2. The lowest BCUT2D eigenvalue weighted by Gasteiger charge is -2.30. The number of anilines is 1. The summed E-state index contributed by atoms with van der Waals surface area (Å²) in [5.74, 6) is 0.394. The average Bonchev–Trinajstić information content (AvgIpc) is 3.40. The van der Waals surface area contributed by atoms with E-state index in [1.165, 1.54) is 0 Å². The molecule has 9 heteroatoms. The fraction of sp³-hybridized carbons (Fsp3) is 0.233. The summed E-state index contributed by atoms with van der Waals surface area (Å²) in [4.78, 5) is 25.8. The maximum absolute atomic E-state index is 13.0. The van der Waals surface area contributed by atoms with Crippen LogP contribution in [0.4, 0.5) is 10.5 Å². The fourth-order valence-corrected chi connectivity index (χ4v) is 4.48. The molecule has 0 fully saturated rings. The Morgan fingerprint density at radius 1 is 1.05 bits per heavy atom. The highest BCUT2D eigenvalue weighted by Crippen LogP contribution is 2.40. The minimum Gasteiger partial charge on any atom is -0.490 e. The Morgan fingerprint density at radius 2 is 1.87 bits per heavy atom. The zero-order valence-electron chi connectivity index (χ0n) is 21.8. The van der Waals surface area contributed by atoms with Crippen LogP contribution in [0.5, 0.6) is 11.5 Å². The minimum absolute atomic E-state index is 0.119. The molecule has 0 aliphatic carbocycles. The Labute approximate surface area is 226 Å². The quantitative estimate of drug-likeness (QED) is 0.309. The third kappa shape index (κ3) is 5.72. The highest BCUT2D eigenvalue weighted by molar-refractivity contribution is 5.93. The maximum atomic E-state index is 13.0. The topological polar surface area (TPSA) is 103 Å². The number of aryl methyl sites for hydroxylation is 1. The molecule has 2 heterocycles. The highest BCUT2D eigenvalue weighted by Gasteiger charge is 2.27. The Balaban J connectivity index is 1.26. The lowest BCUT2D eigenvalue weighted by atomic mass is 10.1. The summed E-state index contributed by atoms with van der Waals surface area (Å²) in [5.41, 5.74) is 5.51. The first kappa shape index (κ1) is 25.8. The molecule has 5 rings (SSSR count). The van der Waals surface area contributed by atoms with Crippen molar-refractivity contribution in [1.29, 1.82) is 0 Å². The molecular weight excluding hydrogens is 498 g/mol. The number of carbonyl (C=O) groups excluding carboxylic acids is 1. The molecule has 1 aliphatic heterocycles. The Morgan fingerprint density at radius 3 is 2.72 bits per heavy atom. The Bertz CT molecular complexity index is 1510. The number of ether oxygens (including phenoxy) is 3. The summed E-state index contributed by atoms with van der Waals surface area (Å²) in [7, 11) is 0. The van der Waals surface area contributed by atoms with Gasteiger partial charge < -0.3 is 19.3 Å². The van der Waals surface area contributed by atoms with Crippen molar-refractivity contribution in [2.75, 3.05) is 31.3 Å². The van der Waals surface area contributed by atoms with Gasteiger partial charge in [-0.3, -0.25) is 9.58 Å². The largest absolute Gasteiger partial charge is 0.490 e. The SMILES string of the molecule is Cc1cccc(OCCOC(=O)N2CCOc3c(-c4cnn(Cc5cccc(C(=O)O)c5)c4)cccc32)c1C. The molecule has 39 heavy (non-hydrogen) atoms. The van der Waals surface area contributed by atoms with E-state index in [9.17, 15) is 14.7 Å². The van der Waals surface area contributed by atoms with Crippen molar-refractivity contribution in [3.8, 4) is 22.6 Å². The second-order valence-electron chi connectivity index (χ2n) is 9.25. The van der Waals surface area contributed by atoms with E-state index in [0.29, 0.717) is 31.1 Å². The molecule has 1 N–H and O–H groups in total. The molecule has 1 amide bonds. The second kappa shape index (κ2) is 11.3. The molecule has 0 saturated carbocycles. The van der Waals surface area contributed by atoms with Crippen molar-refractivity contribution in [2.24, 2.45) is 0 Å². The monoisotopic (exact) mass is 527 g/mol. The number of para-hydroxylation sites is 1. The van der Waals surface area contributed by atoms with Crippen molar-refractivity contribution < 1.29 is 28.9 Å². The predicted octanol–water partition coefficient (Wildman–Crippen LogP) is 5.33. The summed E-state index contributed by atoms with van der Waals surface area (Å²) in [6, 6.07) is 18.2. The van der Waals surface area contributed by atoms with Crippen molar-refractivity contribution in [3.63, 3.8) is 0 Å². The molecule has 3 aromatic carbocycles. The molecule has 1 aliphatic rings. The molecular formula is C30H29N3O6. The van der Waals surface area contributed by atoms with Crippen LogP contribution in [-0.2, 0) is 11.3 Å². The normalized spacial score (nSPS) is 12.4. The number of carboxylic acid groups (broad SMARTS) is 1. The van der Waals surface area contributed by atoms with Crippen LogP contribution in [0.2, 0.25) is 0 Å². The molecule has 4 aromatic rings. The Kier molecular flexibility index (Phi) is 7.49. The van der Waals surface area contributed by atoms with Crippen molar-refractivity contribution in [2.45, 2.75) is 20.4 Å². The zero-order chi connectivity index (χ0) is 27.4. The zero-order valence-corrected chi connectivity index (χ0v) is 21.8. The summed E-state index contributed by atoms with van der Waals surface area (Å²) in [6.07, 6.45) is 3.13. The van der Waals surface area contributed by atoms with Gasteiger partial charge in [-0.05, 0) is 54.8 Å². The van der Waals surface area contributed by atoms with Gasteiger partial charge in [0.1, 0.15) is 25.6 Å². The lowest BCUT2D eigenvalue weighted by Crippen LogP contribution is -2.39. The van der Waals surface area contributed by atoms with Crippen LogP contribution in [0.3, 0.4) is 0 Å². The summed E-state index contributed by atoms with van der Waals surface area (Å²) in [5, 5.41) is 13.7. The third-order valence-electron chi connectivity index (χ3n) is 6.65. The van der Waals surface area contributed by atoms with Crippen molar-refractivity contribution in [3.05, 3.63) is 95.3 Å². The van der Waals surface area contributed by atoms with E-state index < -0.39 is 12.1 Å². The van der Waals surface area contributed by atoms with Gasteiger partial charge in [0, 0.05) is 17.3 Å². The van der Waals surface area contributed by atoms with Crippen LogP contribution < -0.4 is 14.4 Å². The molecule has 1 aromatic heterocycles. The maximum Gasteiger partial charge on any atom is 0.414 e. The number of nitrogens with zero attached hydrogens (tertiary/aromatic N) is 3. The highest BCUT2D eigenvalue weighted by atomic mass is 16.6. The number of hydrogen-bond acceptors (Lipinski definition) is 6. The molecule has 200 valence electrons. The van der Waals surface area contributed by atoms with E-state index in [1.807, 2.05) is 62.5 Å². The number of aromatic carboxylic acids is 1. The van der Waals surface area contributed by atoms with Crippen LogP contribution in [-0.4, -0.2) is 53.3 Å². The van der Waals surface area contributed by atoms with E-state index >= 15 is 0 Å². The van der Waals surface area contributed by atoms with Crippen molar-refractivity contribution >= 4 is 17.7 Å². The van der Waals surface area contributed by atoms with Gasteiger partial charge >= 0.3 is 12.1 Å². The first-order valence-corrected chi connectivity index (χ1v) is 12.6. The van der Waals surface area contributed by atoms with Crippen LogP contribution in [0, 0.1) is 13.8 Å². The van der Waals surface area contributed by atoms with E-state index in [1.54, 1.807) is 34.0 Å². The van der Waals surface area contributed by atoms with E-state index in [-0.39, 0.29) is 18.8 Å². The van der Waals surface area contributed by atoms with Crippen LogP contribution in [0.25, 0.3) is 11.1 Å². The number of carboxylic acids is 1. The van der Waals surface area contributed by atoms with Gasteiger partial charge in [0.05, 0.1) is 30.5 Å². The number of amides is 1. The van der Waals surface area contributed by atoms with Crippen LogP contribution >= 0.6 is 0 Å². The molecule has 0 radical (unpaired) electrons. The second-order valence-corrected chi connectivity index (χ2v) is 9.25. The van der Waals surface area contributed by atoms with Crippen LogP contribution in [0.15, 0.2) is 73.1 Å². The predicted molar refractivity (Wildman–Crippen MR) is 146 cm³/mol. The molecule has 0 unspecified atom stereocenters. The first-order chi connectivity index (χ1) is 18.9. The number of hydrogen-bond donors (Lipinski definition) is 1. The molecule has 0 saturated heterocycles. The van der Waals surface area contributed by atoms with Gasteiger partial charge in [0.2, 0.25) is 0 Å². The smallest absolute Gasteiger partial charge is 0.414 e. The molecule has 9 nitrogen and oxygen atoms in total. The number of rotatable bonds is 8. The van der Waals surface area contributed by atoms with E-state index in [2.05, 4.69) is 5.10 Å². The van der Waals surface area contributed by atoms with Gasteiger partial charge in [-0.1, -0.05) is 36.4 Å². The van der Waals surface area contributed by atoms with Gasteiger partial charge in [0.15, 0.2) is 5.75 Å². The van der Waals surface area contributed by atoms with Gasteiger partial charge in [0.25, 0.3) is 0 Å². The first-order valence-electron chi connectivity index (χ1n) is 12.6. The van der Waals surface area contributed by atoms with Crippen molar-refractivity contribution in [1.82, 2.24) is 9.78 Å². The van der Waals surface area contributed by atoms with E-state index in [4.69, 9.17) is 14.2 Å². The molecule has 0 atom stereocenters. The summed E-state index contributed by atoms with van der Waals surface area (Å²) < 4.78 is 19.1. The number of aromatic nitrogens is 2.